The maximum atomic E-state index is 12.7. The Morgan fingerprint density at radius 1 is 1.28 bits per heavy atom. The quantitative estimate of drug-likeness (QED) is 0.704. The van der Waals surface area contributed by atoms with Crippen molar-refractivity contribution in [1.29, 1.82) is 0 Å². The molecule has 1 aliphatic heterocycles. The summed E-state index contributed by atoms with van der Waals surface area (Å²) in [4.78, 5) is 27.6. The van der Waals surface area contributed by atoms with Crippen LogP contribution in [0.3, 0.4) is 0 Å². The fourth-order valence-electron chi connectivity index (χ4n) is 4.03. The monoisotopic (exact) mass is 353 g/mol. The predicted molar refractivity (Wildman–Crippen MR) is 98.6 cm³/mol. The Bertz CT molecular complexity index is 449. The highest BCUT2D eigenvalue weighted by molar-refractivity contribution is 5.75. The number of carbonyl (C=O) groups excluding carboxylic acids is 1. The molecule has 6 nitrogen and oxygen atoms in total. The molecule has 1 aliphatic carbocycles. The number of hydrogen-bond acceptors (Lipinski definition) is 3. The third kappa shape index (κ3) is 5.87. The fourth-order valence-corrected chi connectivity index (χ4v) is 4.03. The molecule has 0 aromatic rings. The Balaban J connectivity index is 1.78. The topological polar surface area (TPSA) is 72.9 Å². The number of urea groups is 1. The second-order valence-corrected chi connectivity index (χ2v) is 8.04. The summed E-state index contributed by atoms with van der Waals surface area (Å²) in [7, 11) is 0. The summed E-state index contributed by atoms with van der Waals surface area (Å²) in [6, 6.07) is 0.932. The smallest absolute Gasteiger partial charge is 0.317 e. The lowest BCUT2D eigenvalue weighted by atomic mass is 9.85. The number of rotatable bonds is 8. The van der Waals surface area contributed by atoms with E-state index in [1.807, 2.05) is 16.7 Å². The number of likely N-dealkylation sites (N-methyl/N-ethyl adjacent to an activating group) is 1. The first kappa shape index (κ1) is 20.0. The van der Waals surface area contributed by atoms with Crippen LogP contribution in [-0.2, 0) is 4.79 Å². The van der Waals surface area contributed by atoms with E-state index in [9.17, 15) is 9.59 Å². The van der Waals surface area contributed by atoms with E-state index in [-0.39, 0.29) is 24.7 Å². The maximum absolute atomic E-state index is 12.7. The number of carboxylic acids is 1. The summed E-state index contributed by atoms with van der Waals surface area (Å²) in [5.41, 5.74) is 0. The third-order valence-electron chi connectivity index (χ3n) is 5.67. The summed E-state index contributed by atoms with van der Waals surface area (Å²) in [6.45, 7) is 8.15. The van der Waals surface area contributed by atoms with Gasteiger partial charge >= 0.3 is 12.0 Å². The van der Waals surface area contributed by atoms with Crippen LogP contribution in [0.4, 0.5) is 4.79 Å². The summed E-state index contributed by atoms with van der Waals surface area (Å²) in [5.74, 6) is -0.107. The van der Waals surface area contributed by atoms with Crippen LogP contribution in [0.15, 0.2) is 0 Å². The number of likely N-dealkylation sites (tertiary alicyclic amines) is 1. The van der Waals surface area contributed by atoms with Crippen molar-refractivity contribution >= 4 is 12.0 Å². The third-order valence-corrected chi connectivity index (χ3v) is 5.67. The number of nitrogens with zero attached hydrogens (tertiary/aromatic N) is 2. The largest absolute Gasteiger partial charge is 0.480 e. The lowest BCUT2D eigenvalue weighted by Crippen LogP contribution is -2.58. The Kier molecular flexibility index (Phi) is 7.54. The van der Waals surface area contributed by atoms with E-state index in [1.54, 1.807) is 0 Å². The molecule has 0 aromatic carbocycles. The van der Waals surface area contributed by atoms with E-state index in [4.69, 9.17) is 5.11 Å². The molecule has 1 atom stereocenters. The van der Waals surface area contributed by atoms with E-state index in [0.717, 1.165) is 45.2 Å². The number of piperidine rings is 1. The minimum absolute atomic E-state index is 0.0817. The molecule has 1 saturated heterocycles. The number of hydrogen-bond donors (Lipinski definition) is 2. The van der Waals surface area contributed by atoms with E-state index in [1.165, 1.54) is 12.8 Å². The average Bonchev–Trinajstić information content (AvgIpc) is 2.53. The highest BCUT2D eigenvalue weighted by atomic mass is 16.4. The second kappa shape index (κ2) is 9.41. The maximum Gasteiger partial charge on any atom is 0.317 e. The van der Waals surface area contributed by atoms with Gasteiger partial charge < -0.3 is 15.3 Å². The van der Waals surface area contributed by atoms with Crippen LogP contribution >= 0.6 is 0 Å². The van der Waals surface area contributed by atoms with Gasteiger partial charge in [-0.2, -0.15) is 0 Å². The Labute approximate surface area is 151 Å². The van der Waals surface area contributed by atoms with Crippen LogP contribution in [0.5, 0.6) is 0 Å². The molecule has 2 fully saturated rings. The molecule has 2 amide bonds. The van der Waals surface area contributed by atoms with Crippen LogP contribution in [0.25, 0.3) is 0 Å². The van der Waals surface area contributed by atoms with Crippen LogP contribution in [0.1, 0.15) is 65.7 Å². The highest BCUT2D eigenvalue weighted by Crippen LogP contribution is 2.27. The van der Waals surface area contributed by atoms with Gasteiger partial charge in [0.05, 0.1) is 6.54 Å². The van der Waals surface area contributed by atoms with Gasteiger partial charge in [0.2, 0.25) is 0 Å². The normalized spacial score (nSPS) is 26.6. The van der Waals surface area contributed by atoms with E-state index < -0.39 is 5.97 Å². The standard InChI is InChI=1S/C19H35N3O3/c1-4-21(13-18(23)24)17-11-15(12-17)20-19(25)22-10-6-5-7-16(22)9-8-14(2)3/h14-17H,4-13H2,1-3H3,(H,20,25)(H,23,24). The second-order valence-electron chi connectivity index (χ2n) is 8.04. The van der Waals surface area contributed by atoms with Crippen LogP contribution in [0, 0.1) is 5.92 Å². The summed E-state index contributed by atoms with van der Waals surface area (Å²) >= 11 is 0. The van der Waals surface area contributed by atoms with Crippen molar-refractivity contribution in [1.82, 2.24) is 15.1 Å². The minimum Gasteiger partial charge on any atom is -0.480 e. The number of carbonyl (C=O) groups is 2. The number of carboxylic acid groups (broad SMARTS) is 1. The molecule has 0 radical (unpaired) electrons. The molecular formula is C19H35N3O3. The molecule has 1 saturated carbocycles. The Morgan fingerprint density at radius 3 is 2.60 bits per heavy atom. The van der Waals surface area contributed by atoms with E-state index >= 15 is 0 Å². The van der Waals surface area contributed by atoms with Gasteiger partial charge in [0.1, 0.15) is 0 Å². The van der Waals surface area contributed by atoms with Gasteiger partial charge in [-0.1, -0.05) is 20.8 Å². The van der Waals surface area contributed by atoms with Gasteiger partial charge in [0, 0.05) is 24.7 Å². The molecule has 25 heavy (non-hydrogen) atoms. The lowest BCUT2D eigenvalue weighted by molar-refractivity contribution is -0.139. The molecule has 1 heterocycles. The first-order valence-corrected chi connectivity index (χ1v) is 9.93. The van der Waals surface area contributed by atoms with Gasteiger partial charge in [-0.25, -0.2) is 4.79 Å². The zero-order chi connectivity index (χ0) is 18.4. The Hall–Kier alpha value is -1.30. The SMILES string of the molecule is CCN(CC(=O)O)C1CC(NC(=O)N2CCCCC2CCC(C)C)C1. The molecule has 0 spiro atoms. The van der Waals surface area contributed by atoms with Crippen molar-refractivity contribution in [3.63, 3.8) is 0 Å². The fraction of sp³-hybridized carbons (Fsp3) is 0.895. The van der Waals surface area contributed by atoms with Crippen molar-refractivity contribution in [3.8, 4) is 0 Å². The van der Waals surface area contributed by atoms with Crippen LogP contribution in [0.2, 0.25) is 0 Å². The average molecular weight is 354 g/mol. The van der Waals surface area contributed by atoms with Gasteiger partial charge in [0.15, 0.2) is 0 Å². The lowest BCUT2D eigenvalue weighted by Gasteiger charge is -2.44. The van der Waals surface area contributed by atoms with Crippen LogP contribution in [-0.4, -0.2) is 64.7 Å². The first-order valence-electron chi connectivity index (χ1n) is 9.93. The molecular weight excluding hydrogens is 318 g/mol. The summed E-state index contributed by atoms with van der Waals surface area (Å²) in [5, 5.41) is 12.1. The molecule has 0 bridgehead atoms. The molecule has 6 heteroatoms. The minimum atomic E-state index is -0.782. The van der Waals surface area contributed by atoms with Crippen LogP contribution < -0.4 is 5.32 Å². The first-order chi connectivity index (χ1) is 11.9. The summed E-state index contributed by atoms with van der Waals surface area (Å²) < 4.78 is 0. The van der Waals surface area contributed by atoms with E-state index in [0.29, 0.717) is 12.0 Å². The number of aliphatic carboxylic acids is 1. The highest BCUT2D eigenvalue weighted by Gasteiger charge is 2.36. The van der Waals surface area contributed by atoms with Gasteiger partial charge in [-0.15, -0.1) is 0 Å². The molecule has 2 rings (SSSR count). The zero-order valence-electron chi connectivity index (χ0n) is 16.0. The van der Waals surface area contributed by atoms with Crippen molar-refractivity contribution in [3.05, 3.63) is 0 Å². The molecule has 2 N–H and O–H groups in total. The Morgan fingerprint density at radius 2 is 2.00 bits per heavy atom. The number of amides is 2. The molecule has 0 aromatic heterocycles. The number of nitrogens with one attached hydrogen (secondary N) is 1. The molecule has 2 aliphatic rings. The van der Waals surface area contributed by atoms with Crippen molar-refractivity contribution < 1.29 is 14.7 Å². The van der Waals surface area contributed by atoms with Gasteiger partial charge in [-0.05, 0) is 57.4 Å². The van der Waals surface area contributed by atoms with Gasteiger partial charge in [0.25, 0.3) is 0 Å². The molecule has 144 valence electrons. The van der Waals surface area contributed by atoms with Crippen molar-refractivity contribution in [2.24, 2.45) is 5.92 Å². The van der Waals surface area contributed by atoms with Gasteiger partial charge in [-0.3, -0.25) is 9.69 Å². The van der Waals surface area contributed by atoms with E-state index in [2.05, 4.69) is 19.2 Å². The summed E-state index contributed by atoms with van der Waals surface area (Å²) in [6.07, 6.45) is 7.42. The zero-order valence-corrected chi connectivity index (χ0v) is 16.0. The predicted octanol–water partition coefficient (Wildman–Crippen LogP) is 2.92. The van der Waals surface area contributed by atoms with Crippen molar-refractivity contribution in [2.75, 3.05) is 19.6 Å². The molecule has 1 unspecified atom stereocenters. The van der Waals surface area contributed by atoms with Crippen molar-refractivity contribution in [2.45, 2.75) is 83.8 Å².